The third kappa shape index (κ3) is 2.59. The van der Waals surface area contributed by atoms with E-state index in [1.165, 1.54) is 11.3 Å². The normalized spacial score (nSPS) is 16.0. The van der Waals surface area contributed by atoms with E-state index in [2.05, 4.69) is 21.8 Å². The summed E-state index contributed by atoms with van der Waals surface area (Å²) < 4.78 is 1.98. The number of thiazole rings is 1. The molecule has 4 rings (SSSR count). The second-order valence-electron chi connectivity index (χ2n) is 5.83. The first-order valence-corrected chi connectivity index (χ1v) is 9.03. The van der Waals surface area contributed by atoms with Gasteiger partial charge in [-0.25, -0.2) is 4.98 Å². The van der Waals surface area contributed by atoms with E-state index in [0.717, 1.165) is 48.9 Å². The van der Waals surface area contributed by atoms with Crippen LogP contribution in [-0.2, 0) is 0 Å². The first kappa shape index (κ1) is 15.3. The van der Waals surface area contributed by atoms with Gasteiger partial charge in [-0.3, -0.25) is 14.2 Å². The first-order valence-electron chi connectivity index (χ1n) is 8.15. The first-order chi connectivity index (χ1) is 11.8. The number of rotatable bonds is 3. The van der Waals surface area contributed by atoms with Gasteiger partial charge >= 0.3 is 0 Å². The lowest BCUT2D eigenvalue weighted by molar-refractivity contribution is 0.0639. The van der Waals surface area contributed by atoms with Gasteiger partial charge in [0.15, 0.2) is 10.7 Å². The van der Waals surface area contributed by atoms with Gasteiger partial charge in [0.2, 0.25) is 0 Å². The molecule has 3 aromatic rings. The summed E-state index contributed by atoms with van der Waals surface area (Å²) in [6.45, 7) is 6.54. The number of fused-ring (bicyclic) bond motifs is 1. The van der Waals surface area contributed by atoms with E-state index in [0.29, 0.717) is 5.69 Å². The fourth-order valence-electron chi connectivity index (χ4n) is 3.13. The quantitative estimate of drug-likeness (QED) is 0.733. The van der Waals surface area contributed by atoms with Gasteiger partial charge in [-0.1, -0.05) is 6.92 Å². The van der Waals surface area contributed by atoms with E-state index < -0.39 is 0 Å². The highest BCUT2D eigenvalue weighted by Gasteiger charge is 2.27. The number of carbonyl (C=O) groups excluding carboxylic acids is 1. The lowest BCUT2D eigenvalue weighted by Gasteiger charge is -2.33. The molecule has 124 valence electrons. The molecule has 0 saturated carbocycles. The fourth-order valence-corrected chi connectivity index (χ4v) is 3.84. The molecule has 24 heavy (non-hydrogen) atoms. The second-order valence-corrected chi connectivity index (χ2v) is 6.71. The van der Waals surface area contributed by atoms with Crippen LogP contribution in [0.4, 0.5) is 0 Å². The number of hydrogen-bond donors (Lipinski definition) is 0. The van der Waals surface area contributed by atoms with Gasteiger partial charge < -0.3 is 9.80 Å². The Balaban J connectivity index is 1.72. The highest BCUT2D eigenvalue weighted by atomic mass is 32.1. The molecule has 0 unspecified atom stereocenters. The minimum absolute atomic E-state index is 0.0144. The molecule has 1 fully saturated rings. The molecule has 0 aromatic carbocycles. The van der Waals surface area contributed by atoms with Gasteiger partial charge in [-0.05, 0) is 18.7 Å². The van der Waals surface area contributed by atoms with E-state index >= 15 is 0 Å². The summed E-state index contributed by atoms with van der Waals surface area (Å²) >= 11 is 1.54. The Labute approximate surface area is 144 Å². The second kappa shape index (κ2) is 6.33. The monoisotopic (exact) mass is 341 g/mol. The summed E-state index contributed by atoms with van der Waals surface area (Å²) in [6.07, 6.45) is 5.48. The number of pyridine rings is 1. The Bertz CT molecular complexity index is 848. The Morgan fingerprint density at radius 3 is 2.83 bits per heavy atom. The molecule has 1 saturated heterocycles. The Morgan fingerprint density at radius 1 is 1.29 bits per heavy atom. The third-order valence-electron chi connectivity index (χ3n) is 4.51. The maximum absolute atomic E-state index is 13.1. The lowest BCUT2D eigenvalue weighted by atomic mass is 10.1. The maximum Gasteiger partial charge on any atom is 0.274 e. The maximum atomic E-state index is 13.1. The van der Waals surface area contributed by atoms with E-state index in [-0.39, 0.29) is 5.91 Å². The van der Waals surface area contributed by atoms with Crippen molar-refractivity contribution in [2.75, 3.05) is 32.7 Å². The summed E-state index contributed by atoms with van der Waals surface area (Å²) in [4.78, 5) is 27.0. The van der Waals surface area contributed by atoms with Crippen LogP contribution in [0, 0.1) is 0 Å². The van der Waals surface area contributed by atoms with Gasteiger partial charge in [0, 0.05) is 55.7 Å². The van der Waals surface area contributed by atoms with Crippen molar-refractivity contribution in [1.82, 2.24) is 24.2 Å². The van der Waals surface area contributed by atoms with E-state index in [1.54, 1.807) is 12.4 Å². The smallest absolute Gasteiger partial charge is 0.274 e. The molecule has 0 N–H and O–H groups in total. The molecule has 3 aromatic heterocycles. The molecule has 1 amide bonds. The number of hydrogen-bond acceptors (Lipinski definition) is 5. The van der Waals surface area contributed by atoms with Gasteiger partial charge in [-0.15, -0.1) is 11.3 Å². The molecule has 0 bridgehead atoms. The Kier molecular flexibility index (Phi) is 4.03. The van der Waals surface area contributed by atoms with Gasteiger partial charge in [0.25, 0.3) is 5.91 Å². The van der Waals surface area contributed by atoms with Crippen molar-refractivity contribution in [3.05, 3.63) is 41.8 Å². The molecule has 1 aliphatic rings. The Morgan fingerprint density at radius 2 is 2.12 bits per heavy atom. The number of aromatic nitrogens is 3. The lowest BCUT2D eigenvalue weighted by Crippen LogP contribution is -2.48. The fraction of sp³-hybridized carbons (Fsp3) is 0.353. The highest BCUT2D eigenvalue weighted by Crippen LogP contribution is 2.28. The van der Waals surface area contributed by atoms with Crippen LogP contribution in [0.25, 0.3) is 16.2 Å². The molecule has 1 aliphatic heterocycles. The number of nitrogens with zero attached hydrogens (tertiary/aromatic N) is 5. The molecule has 4 heterocycles. The summed E-state index contributed by atoms with van der Waals surface area (Å²) in [7, 11) is 0. The predicted octanol–water partition coefficient (Wildman–Crippen LogP) is 2.24. The third-order valence-corrected chi connectivity index (χ3v) is 5.26. The number of amides is 1. The number of piperazine rings is 1. The van der Waals surface area contributed by atoms with Crippen molar-refractivity contribution in [3.8, 4) is 11.3 Å². The highest BCUT2D eigenvalue weighted by molar-refractivity contribution is 7.15. The number of likely N-dealkylation sites (N-methyl/N-ethyl adjacent to an activating group) is 1. The zero-order valence-corrected chi connectivity index (χ0v) is 14.4. The SMILES string of the molecule is CCN1CCN(C(=O)c2nc3sccn3c2-c2cccnc2)CC1. The van der Waals surface area contributed by atoms with Crippen LogP contribution in [0.15, 0.2) is 36.1 Å². The van der Waals surface area contributed by atoms with E-state index in [4.69, 9.17) is 0 Å². The summed E-state index contributed by atoms with van der Waals surface area (Å²) in [5, 5.41) is 1.98. The average Bonchev–Trinajstić information content (AvgIpc) is 3.23. The molecule has 0 aliphatic carbocycles. The molecular weight excluding hydrogens is 322 g/mol. The van der Waals surface area contributed by atoms with Crippen molar-refractivity contribution in [3.63, 3.8) is 0 Å². The van der Waals surface area contributed by atoms with Gasteiger partial charge in [0.1, 0.15) is 0 Å². The summed E-state index contributed by atoms with van der Waals surface area (Å²) in [5.41, 5.74) is 2.28. The van der Waals surface area contributed by atoms with Gasteiger partial charge in [0.05, 0.1) is 5.69 Å². The zero-order chi connectivity index (χ0) is 16.5. The topological polar surface area (TPSA) is 53.7 Å². The van der Waals surface area contributed by atoms with Crippen molar-refractivity contribution in [1.29, 1.82) is 0 Å². The standard InChI is InChI=1S/C17H19N5OS/c1-2-20-6-8-21(9-7-20)16(23)14-15(13-4-3-5-18-12-13)22-10-11-24-17(22)19-14/h3-5,10-12H,2,6-9H2,1H3. The molecule has 0 atom stereocenters. The van der Waals surface area contributed by atoms with Gasteiger partial charge in [-0.2, -0.15) is 0 Å². The van der Waals surface area contributed by atoms with Crippen LogP contribution in [-0.4, -0.2) is 62.8 Å². The number of imidazole rings is 1. The van der Waals surface area contributed by atoms with E-state index in [1.807, 2.05) is 33.0 Å². The molecular formula is C17H19N5OS. The summed E-state index contributed by atoms with van der Waals surface area (Å²) in [5.74, 6) is 0.0144. The molecule has 0 spiro atoms. The van der Waals surface area contributed by atoms with Crippen molar-refractivity contribution in [2.24, 2.45) is 0 Å². The van der Waals surface area contributed by atoms with Crippen LogP contribution in [0.5, 0.6) is 0 Å². The van der Waals surface area contributed by atoms with E-state index in [9.17, 15) is 4.79 Å². The van der Waals surface area contributed by atoms with Crippen LogP contribution < -0.4 is 0 Å². The zero-order valence-electron chi connectivity index (χ0n) is 13.6. The average molecular weight is 341 g/mol. The van der Waals surface area contributed by atoms with Crippen LogP contribution in [0.3, 0.4) is 0 Å². The number of carbonyl (C=O) groups is 1. The molecule has 7 heteroatoms. The van der Waals surface area contributed by atoms with Crippen LogP contribution >= 0.6 is 11.3 Å². The summed E-state index contributed by atoms with van der Waals surface area (Å²) in [6, 6.07) is 3.86. The minimum atomic E-state index is 0.0144. The molecule has 6 nitrogen and oxygen atoms in total. The van der Waals surface area contributed by atoms with Crippen molar-refractivity contribution >= 4 is 22.2 Å². The van der Waals surface area contributed by atoms with Crippen LogP contribution in [0.1, 0.15) is 17.4 Å². The van der Waals surface area contributed by atoms with Crippen molar-refractivity contribution in [2.45, 2.75) is 6.92 Å². The largest absolute Gasteiger partial charge is 0.335 e. The minimum Gasteiger partial charge on any atom is -0.335 e. The van der Waals surface area contributed by atoms with Crippen LogP contribution in [0.2, 0.25) is 0 Å². The Hall–Kier alpha value is -2.25. The van der Waals surface area contributed by atoms with Crippen molar-refractivity contribution < 1.29 is 4.79 Å². The predicted molar refractivity (Wildman–Crippen MR) is 94.3 cm³/mol. The molecule has 0 radical (unpaired) electrons.